The van der Waals surface area contributed by atoms with Crippen LogP contribution < -0.4 is 0 Å². The molecule has 0 aliphatic carbocycles. The molecule has 7 heteroatoms. The van der Waals surface area contributed by atoms with Gasteiger partial charge in [0.15, 0.2) is 0 Å². The first-order chi connectivity index (χ1) is 11.5. The first kappa shape index (κ1) is 20.0. The van der Waals surface area contributed by atoms with Gasteiger partial charge < -0.3 is 19.1 Å². The molecule has 0 aromatic heterocycles. The molecule has 1 saturated heterocycles. The van der Waals surface area contributed by atoms with Gasteiger partial charge in [0.1, 0.15) is 12.3 Å². The molecule has 0 aromatic rings. The van der Waals surface area contributed by atoms with Crippen molar-refractivity contribution in [3.8, 4) is 11.8 Å². The second-order valence-corrected chi connectivity index (χ2v) is 5.49. The molecule has 1 heterocycles. The fraction of sp³-hybridized carbons (Fsp3) is 0.706. The highest BCUT2D eigenvalue weighted by molar-refractivity contribution is 5.87. The number of esters is 2. The van der Waals surface area contributed by atoms with Crippen molar-refractivity contribution in [2.75, 3.05) is 21.3 Å². The summed E-state index contributed by atoms with van der Waals surface area (Å²) in [6.07, 6.45) is 1.31. The Labute approximate surface area is 142 Å². The summed E-state index contributed by atoms with van der Waals surface area (Å²) in [5, 5.41) is 0. The van der Waals surface area contributed by atoms with Crippen LogP contribution in [0.15, 0.2) is 0 Å². The van der Waals surface area contributed by atoms with Gasteiger partial charge in [0.25, 0.3) is 0 Å². The van der Waals surface area contributed by atoms with Gasteiger partial charge in [-0.1, -0.05) is 0 Å². The van der Waals surface area contributed by atoms with Crippen molar-refractivity contribution in [1.29, 1.82) is 0 Å². The van der Waals surface area contributed by atoms with E-state index in [1.165, 1.54) is 26.2 Å². The Bertz CT molecular complexity index is 521. The number of hydrogen-bond acceptors (Lipinski definition) is 6. The molecule has 1 fully saturated rings. The number of carbonyl (C=O) groups excluding carboxylic acids is 3. The number of nitrogens with zero attached hydrogens (tertiary/aromatic N) is 1. The Hall–Kier alpha value is -2.07. The SMILES string of the molecule is CC#CCC(CCC(=O)OC)C(=O)N1C(OC)CC[C@H]1C(=O)OC. The van der Waals surface area contributed by atoms with Crippen molar-refractivity contribution >= 4 is 17.8 Å². The highest BCUT2D eigenvalue weighted by Gasteiger charge is 2.43. The van der Waals surface area contributed by atoms with Crippen LogP contribution >= 0.6 is 0 Å². The third kappa shape index (κ3) is 4.96. The van der Waals surface area contributed by atoms with Crippen molar-refractivity contribution in [3.05, 3.63) is 0 Å². The molecule has 1 aliphatic heterocycles. The molecule has 1 aliphatic rings. The summed E-state index contributed by atoms with van der Waals surface area (Å²) in [6, 6.07) is -0.664. The number of hydrogen-bond donors (Lipinski definition) is 0. The minimum atomic E-state index is -0.664. The van der Waals surface area contributed by atoms with Crippen LogP contribution in [-0.4, -0.2) is 56.3 Å². The van der Waals surface area contributed by atoms with Crippen LogP contribution in [0.5, 0.6) is 0 Å². The zero-order valence-electron chi connectivity index (χ0n) is 14.7. The van der Waals surface area contributed by atoms with Crippen LogP contribution in [-0.2, 0) is 28.6 Å². The van der Waals surface area contributed by atoms with Crippen molar-refractivity contribution in [2.24, 2.45) is 5.92 Å². The van der Waals surface area contributed by atoms with E-state index in [2.05, 4.69) is 16.6 Å². The zero-order valence-corrected chi connectivity index (χ0v) is 14.7. The van der Waals surface area contributed by atoms with Crippen molar-refractivity contribution in [3.63, 3.8) is 0 Å². The van der Waals surface area contributed by atoms with Gasteiger partial charge in [-0.2, -0.15) is 0 Å². The van der Waals surface area contributed by atoms with Crippen molar-refractivity contribution < 1.29 is 28.6 Å². The molecule has 0 aromatic carbocycles. The largest absolute Gasteiger partial charge is 0.469 e. The Balaban J connectivity index is 2.95. The fourth-order valence-corrected chi connectivity index (χ4v) is 2.82. The Kier molecular flexibility index (Phi) is 8.27. The predicted octanol–water partition coefficient (Wildman–Crippen LogP) is 1.11. The van der Waals surface area contributed by atoms with Crippen molar-refractivity contribution in [1.82, 2.24) is 4.90 Å². The summed E-state index contributed by atoms with van der Waals surface area (Å²) in [5.41, 5.74) is 0. The van der Waals surface area contributed by atoms with Crippen LogP contribution in [0.4, 0.5) is 0 Å². The number of methoxy groups -OCH3 is 3. The molecule has 0 saturated carbocycles. The van der Waals surface area contributed by atoms with Crippen LogP contribution in [0.2, 0.25) is 0 Å². The van der Waals surface area contributed by atoms with E-state index in [9.17, 15) is 14.4 Å². The van der Waals surface area contributed by atoms with E-state index in [-0.39, 0.29) is 18.3 Å². The Morgan fingerprint density at radius 3 is 2.42 bits per heavy atom. The van der Waals surface area contributed by atoms with Gasteiger partial charge in [-0.25, -0.2) is 4.79 Å². The highest BCUT2D eigenvalue weighted by Crippen LogP contribution is 2.29. The smallest absolute Gasteiger partial charge is 0.328 e. The lowest BCUT2D eigenvalue weighted by molar-refractivity contribution is -0.160. The summed E-state index contributed by atoms with van der Waals surface area (Å²) in [4.78, 5) is 37.8. The summed E-state index contributed by atoms with van der Waals surface area (Å²) >= 11 is 0. The minimum absolute atomic E-state index is 0.118. The molecule has 2 unspecified atom stereocenters. The van der Waals surface area contributed by atoms with Gasteiger partial charge in [-0.05, 0) is 26.2 Å². The first-order valence-electron chi connectivity index (χ1n) is 7.89. The molecule has 24 heavy (non-hydrogen) atoms. The van der Waals surface area contributed by atoms with E-state index in [0.29, 0.717) is 25.7 Å². The Morgan fingerprint density at radius 1 is 1.17 bits per heavy atom. The van der Waals surface area contributed by atoms with Crippen LogP contribution in [0, 0.1) is 17.8 Å². The van der Waals surface area contributed by atoms with Gasteiger partial charge in [-0.15, -0.1) is 11.8 Å². The molecular formula is C17H25NO6. The van der Waals surface area contributed by atoms with E-state index in [1.807, 2.05) is 0 Å². The van der Waals surface area contributed by atoms with Crippen LogP contribution in [0.3, 0.4) is 0 Å². The third-order valence-corrected chi connectivity index (χ3v) is 4.13. The van der Waals surface area contributed by atoms with E-state index in [4.69, 9.17) is 9.47 Å². The van der Waals surface area contributed by atoms with E-state index < -0.39 is 24.2 Å². The average molecular weight is 339 g/mol. The fourth-order valence-electron chi connectivity index (χ4n) is 2.82. The Morgan fingerprint density at radius 2 is 1.88 bits per heavy atom. The molecule has 0 bridgehead atoms. The summed E-state index contributed by atoms with van der Waals surface area (Å²) < 4.78 is 14.8. The van der Waals surface area contributed by atoms with Crippen LogP contribution in [0.1, 0.15) is 39.0 Å². The topological polar surface area (TPSA) is 82.1 Å². The average Bonchev–Trinajstić information content (AvgIpc) is 3.04. The maximum atomic E-state index is 13.0. The lowest BCUT2D eigenvalue weighted by atomic mass is 9.97. The number of likely N-dealkylation sites (tertiary alicyclic amines) is 1. The van der Waals surface area contributed by atoms with E-state index >= 15 is 0 Å². The highest BCUT2D eigenvalue weighted by atomic mass is 16.5. The minimum Gasteiger partial charge on any atom is -0.469 e. The molecule has 0 radical (unpaired) electrons. The molecule has 0 N–H and O–H groups in total. The van der Waals surface area contributed by atoms with E-state index in [0.717, 1.165) is 0 Å². The molecule has 134 valence electrons. The summed E-state index contributed by atoms with van der Waals surface area (Å²) in [6.45, 7) is 1.69. The second kappa shape index (κ2) is 9.93. The third-order valence-electron chi connectivity index (χ3n) is 4.13. The molecule has 7 nitrogen and oxygen atoms in total. The van der Waals surface area contributed by atoms with Gasteiger partial charge in [-0.3, -0.25) is 9.59 Å². The molecule has 3 atom stereocenters. The lowest BCUT2D eigenvalue weighted by Crippen LogP contribution is -2.48. The normalized spacial score (nSPS) is 20.8. The van der Waals surface area contributed by atoms with Gasteiger partial charge in [0.05, 0.1) is 14.2 Å². The maximum Gasteiger partial charge on any atom is 0.328 e. The maximum absolute atomic E-state index is 13.0. The quantitative estimate of drug-likeness (QED) is 0.510. The molecular weight excluding hydrogens is 314 g/mol. The van der Waals surface area contributed by atoms with Gasteiger partial charge >= 0.3 is 11.9 Å². The zero-order chi connectivity index (χ0) is 18.1. The summed E-state index contributed by atoms with van der Waals surface area (Å²) in [7, 11) is 4.10. The molecule has 1 rings (SSSR count). The monoisotopic (exact) mass is 339 g/mol. The van der Waals surface area contributed by atoms with Crippen LogP contribution in [0.25, 0.3) is 0 Å². The number of carbonyl (C=O) groups is 3. The van der Waals surface area contributed by atoms with Crippen molar-refractivity contribution in [2.45, 2.75) is 51.3 Å². The number of ether oxygens (including phenoxy) is 3. The lowest BCUT2D eigenvalue weighted by Gasteiger charge is -2.31. The predicted molar refractivity (Wildman–Crippen MR) is 85.5 cm³/mol. The van der Waals surface area contributed by atoms with E-state index in [1.54, 1.807) is 6.92 Å². The molecule has 1 amide bonds. The standard InChI is InChI=1S/C17H25NO6/c1-5-6-7-12(8-11-15(19)23-3)16(20)18-13(17(21)24-4)9-10-14(18)22-2/h12-14H,7-11H2,1-4H3/t12?,13-,14?/m0/s1. The van der Waals surface area contributed by atoms with Gasteiger partial charge in [0, 0.05) is 25.9 Å². The summed E-state index contributed by atoms with van der Waals surface area (Å²) in [5.74, 6) is 4.04. The second-order valence-electron chi connectivity index (χ2n) is 5.49. The molecule has 0 spiro atoms. The van der Waals surface area contributed by atoms with Gasteiger partial charge in [0.2, 0.25) is 5.91 Å². The number of amides is 1. The first-order valence-corrected chi connectivity index (χ1v) is 7.89. The number of rotatable bonds is 7.